The first kappa shape index (κ1) is 10.4. The van der Waals surface area contributed by atoms with Crippen molar-refractivity contribution in [3.63, 3.8) is 0 Å². The van der Waals surface area contributed by atoms with Crippen LogP contribution in [0, 0.1) is 6.42 Å². The van der Waals surface area contributed by atoms with Gasteiger partial charge in [-0.15, -0.1) is 0 Å². The monoisotopic (exact) mass is 223 g/mol. The van der Waals surface area contributed by atoms with Gasteiger partial charge in [-0.3, -0.25) is 4.79 Å². The van der Waals surface area contributed by atoms with E-state index in [1.54, 1.807) is 12.1 Å². The van der Waals surface area contributed by atoms with E-state index >= 15 is 0 Å². The van der Waals surface area contributed by atoms with Gasteiger partial charge in [0.25, 0.3) is 5.91 Å². The Morgan fingerprint density at radius 3 is 2.67 bits per heavy atom. The molecule has 3 nitrogen and oxygen atoms in total. The SMILES string of the molecule is O=C(c1ccc(Cl)nc1)N1CC[CH]CC1. The number of piperidine rings is 1. The van der Waals surface area contributed by atoms with Crippen molar-refractivity contribution in [2.75, 3.05) is 13.1 Å². The second-order valence-electron chi connectivity index (χ2n) is 3.53. The highest BCUT2D eigenvalue weighted by atomic mass is 35.5. The molecule has 0 bridgehead atoms. The number of pyridine rings is 1. The van der Waals surface area contributed by atoms with Gasteiger partial charge in [0, 0.05) is 19.3 Å². The van der Waals surface area contributed by atoms with Gasteiger partial charge in [0.1, 0.15) is 5.15 Å². The number of hydrogen-bond acceptors (Lipinski definition) is 2. The first-order valence-corrected chi connectivity index (χ1v) is 5.37. The summed E-state index contributed by atoms with van der Waals surface area (Å²) in [6.45, 7) is 1.61. The Morgan fingerprint density at radius 2 is 2.07 bits per heavy atom. The summed E-state index contributed by atoms with van der Waals surface area (Å²) in [5.74, 6) is 0.0484. The van der Waals surface area contributed by atoms with Crippen molar-refractivity contribution >= 4 is 17.5 Å². The lowest BCUT2D eigenvalue weighted by Gasteiger charge is -2.26. The van der Waals surface area contributed by atoms with Crippen LogP contribution in [0.3, 0.4) is 0 Å². The van der Waals surface area contributed by atoms with Gasteiger partial charge in [0.05, 0.1) is 5.56 Å². The van der Waals surface area contributed by atoms with Crippen molar-refractivity contribution < 1.29 is 4.79 Å². The molecule has 1 saturated heterocycles. The molecule has 1 radical (unpaired) electrons. The molecule has 1 amide bonds. The summed E-state index contributed by atoms with van der Waals surface area (Å²) in [6, 6.07) is 3.36. The predicted molar refractivity (Wildman–Crippen MR) is 58.7 cm³/mol. The quantitative estimate of drug-likeness (QED) is 0.684. The number of likely N-dealkylation sites (tertiary alicyclic amines) is 1. The highest BCUT2D eigenvalue weighted by Gasteiger charge is 2.18. The van der Waals surface area contributed by atoms with E-state index in [0.29, 0.717) is 10.7 Å². The number of amides is 1. The third-order valence-electron chi connectivity index (χ3n) is 2.47. The topological polar surface area (TPSA) is 33.2 Å². The van der Waals surface area contributed by atoms with Crippen LogP contribution in [0.15, 0.2) is 18.3 Å². The summed E-state index contributed by atoms with van der Waals surface area (Å²) in [7, 11) is 0. The minimum Gasteiger partial charge on any atom is -0.339 e. The second-order valence-corrected chi connectivity index (χ2v) is 3.92. The highest BCUT2D eigenvalue weighted by molar-refractivity contribution is 6.29. The molecule has 1 aromatic rings. The fourth-order valence-corrected chi connectivity index (χ4v) is 1.75. The van der Waals surface area contributed by atoms with Crippen LogP contribution in [0.5, 0.6) is 0 Å². The van der Waals surface area contributed by atoms with Gasteiger partial charge < -0.3 is 4.90 Å². The van der Waals surface area contributed by atoms with Crippen LogP contribution < -0.4 is 0 Å². The van der Waals surface area contributed by atoms with Gasteiger partial charge >= 0.3 is 0 Å². The minimum absolute atomic E-state index is 0.0484. The van der Waals surface area contributed by atoms with Gasteiger partial charge in [0.2, 0.25) is 0 Å². The Kier molecular flexibility index (Phi) is 3.21. The molecule has 1 fully saturated rings. The van der Waals surface area contributed by atoms with E-state index in [4.69, 9.17) is 11.6 Å². The second kappa shape index (κ2) is 4.62. The standard InChI is InChI=1S/C11H12ClN2O/c12-10-5-4-9(8-13-10)11(15)14-6-2-1-3-7-14/h1,4-5,8H,2-3,6-7H2. The van der Waals surface area contributed by atoms with Crippen molar-refractivity contribution in [3.8, 4) is 0 Å². The Bertz CT molecular complexity index is 344. The summed E-state index contributed by atoms with van der Waals surface area (Å²) in [4.78, 5) is 17.7. The first-order chi connectivity index (χ1) is 7.27. The average Bonchev–Trinajstić information content (AvgIpc) is 2.30. The smallest absolute Gasteiger partial charge is 0.255 e. The molecule has 2 rings (SSSR count). The van der Waals surface area contributed by atoms with Crippen LogP contribution in [0.2, 0.25) is 5.15 Å². The summed E-state index contributed by atoms with van der Waals surface area (Å²) >= 11 is 5.66. The average molecular weight is 224 g/mol. The zero-order chi connectivity index (χ0) is 10.7. The molecule has 0 aliphatic carbocycles. The molecule has 4 heteroatoms. The lowest BCUT2D eigenvalue weighted by atomic mass is 10.1. The molecule has 0 N–H and O–H groups in total. The van der Waals surface area contributed by atoms with Crippen molar-refractivity contribution in [1.82, 2.24) is 9.88 Å². The van der Waals surface area contributed by atoms with Crippen molar-refractivity contribution in [3.05, 3.63) is 35.5 Å². The summed E-state index contributed by atoms with van der Waals surface area (Å²) in [6.07, 6.45) is 5.70. The van der Waals surface area contributed by atoms with Gasteiger partial charge in [-0.25, -0.2) is 4.98 Å². The zero-order valence-corrected chi connectivity index (χ0v) is 9.07. The molecule has 15 heavy (non-hydrogen) atoms. The molecular weight excluding hydrogens is 212 g/mol. The molecule has 0 atom stereocenters. The number of halogens is 1. The van der Waals surface area contributed by atoms with E-state index < -0.39 is 0 Å². The maximum atomic E-state index is 11.9. The van der Waals surface area contributed by atoms with Gasteiger partial charge in [-0.05, 0) is 31.4 Å². The van der Waals surface area contributed by atoms with Crippen molar-refractivity contribution in [2.24, 2.45) is 0 Å². The van der Waals surface area contributed by atoms with E-state index in [2.05, 4.69) is 11.4 Å². The number of carbonyl (C=O) groups is 1. The number of nitrogens with zero attached hydrogens (tertiary/aromatic N) is 2. The van der Waals surface area contributed by atoms with Crippen LogP contribution >= 0.6 is 11.6 Å². The maximum Gasteiger partial charge on any atom is 0.255 e. The van der Waals surface area contributed by atoms with E-state index in [9.17, 15) is 4.79 Å². The fourth-order valence-electron chi connectivity index (χ4n) is 1.64. The molecule has 1 aromatic heterocycles. The molecule has 1 aliphatic heterocycles. The molecule has 0 aromatic carbocycles. The van der Waals surface area contributed by atoms with Crippen LogP contribution in [-0.4, -0.2) is 28.9 Å². The van der Waals surface area contributed by atoms with Gasteiger partial charge in [0.15, 0.2) is 0 Å². The van der Waals surface area contributed by atoms with E-state index in [0.717, 1.165) is 25.9 Å². The van der Waals surface area contributed by atoms with Crippen LogP contribution in [0.1, 0.15) is 23.2 Å². The molecule has 0 saturated carbocycles. The first-order valence-electron chi connectivity index (χ1n) is 5.00. The number of hydrogen-bond donors (Lipinski definition) is 0. The number of carbonyl (C=O) groups excluding carboxylic acids is 1. The Morgan fingerprint density at radius 1 is 1.33 bits per heavy atom. The summed E-state index contributed by atoms with van der Waals surface area (Å²) in [5, 5.41) is 0.415. The third kappa shape index (κ3) is 2.48. The predicted octanol–water partition coefficient (Wildman–Crippen LogP) is 2.18. The Hall–Kier alpha value is -1.09. The molecular formula is C11H12ClN2O. The highest BCUT2D eigenvalue weighted by Crippen LogP contribution is 2.13. The number of rotatable bonds is 1. The third-order valence-corrected chi connectivity index (χ3v) is 2.69. The maximum absolute atomic E-state index is 11.9. The van der Waals surface area contributed by atoms with Crippen LogP contribution in [0.4, 0.5) is 0 Å². The largest absolute Gasteiger partial charge is 0.339 e. The van der Waals surface area contributed by atoms with E-state index in [1.807, 2.05) is 4.90 Å². The fraction of sp³-hybridized carbons (Fsp3) is 0.364. The zero-order valence-electron chi connectivity index (χ0n) is 8.32. The van der Waals surface area contributed by atoms with E-state index in [1.165, 1.54) is 6.20 Å². The molecule has 79 valence electrons. The molecule has 0 spiro atoms. The van der Waals surface area contributed by atoms with Gasteiger partial charge in [-0.1, -0.05) is 11.6 Å². The van der Waals surface area contributed by atoms with Crippen LogP contribution in [-0.2, 0) is 0 Å². The van der Waals surface area contributed by atoms with Gasteiger partial charge in [-0.2, -0.15) is 0 Å². The van der Waals surface area contributed by atoms with E-state index in [-0.39, 0.29) is 5.91 Å². The minimum atomic E-state index is 0.0484. The lowest BCUT2D eigenvalue weighted by Crippen LogP contribution is -2.35. The van der Waals surface area contributed by atoms with Crippen molar-refractivity contribution in [2.45, 2.75) is 12.8 Å². The molecule has 0 unspecified atom stereocenters. The molecule has 1 aliphatic rings. The lowest BCUT2D eigenvalue weighted by molar-refractivity contribution is 0.0741. The normalized spacial score (nSPS) is 16.5. The molecule has 2 heterocycles. The Balaban J connectivity index is 2.09. The van der Waals surface area contributed by atoms with Crippen LogP contribution in [0.25, 0.3) is 0 Å². The summed E-state index contributed by atoms with van der Waals surface area (Å²) in [5.41, 5.74) is 0.612. The number of aromatic nitrogens is 1. The Labute approximate surface area is 94.1 Å². The van der Waals surface area contributed by atoms with Crippen molar-refractivity contribution in [1.29, 1.82) is 0 Å². The summed E-state index contributed by atoms with van der Waals surface area (Å²) < 4.78 is 0.